The number of likely N-dealkylation sites (tertiary alicyclic amines) is 1. The first kappa shape index (κ1) is 10.4. The third-order valence-corrected chi connectivity index (χ3v) is 3.13. The fourth-order valence-corrected chi connectivity index (χ4v) is 2.15. The zero-order chi connectivity index (χ0) is 10.8. The van der Waals surface area contributed by atoms with Crippen LogP contribution < -0.4 is 0 Å². The Labute approximate surface area is 88.0 Å². The molecule has 0 aromatic heterocycles. The van der Waals surface area contributed by atoms with Crippen molar-refractivity contribution >= 4 is 11.9 Å². The van der Waals surface area contributed by atoms with Crippen molar-refractivity contribution in [1.82, 2.24) is 4.90 Å². The van der Waals surface area contributed by atoms with Crippen LogP contribution in [0, 0.1) is 11.8 Å². The second-order valence-corrected chi connectivity index (χ2v) is 4.17. The van der Waals surface area contributed by atoms with Crippen molar-refractivity contribution in [2.24, 2.45) is 11.8 Å². The van der Waals surface area contributed by atoms with Crippen LogP contribution in [-0.2, 0) is 14.3 Å². The predicted octanol–water partition coefficient (Wildman–Crippen LogP) is -0.0440. The summed E-state index contributed by atoms with van der Waals surface area (Å²) in [5, 5.41) is 8.82. The highest BCUT2D eigenvalue weighted by molar-refractivity contribution is 5.81. The number of nitrogens with zero attached hydrogens (tertiary/aromatic N) is 1. The summed E-state index contributed by atoms with van der Waals surface area (Å²) in [5.41, 5.74) is 0. The van der Waals surface area contributed by atoms with Gasteiger partial charge in [-0.25, -0.2) is 0 Å². The molecule has 0 aromatic carbocycles. The van der Waals surface area contributed by atoms with Crippen LogP contribution in [0.25, 0.3) is 0 Å². The average Bonchev–Trinajstić information content (AvgIpc) is 2.88. The molecule has 0 aliphatic carbocycles. The Bertz CT molecular complexity index is 273. The van der Waals surface area contributed by atoms with Crippen molar-refractivity contribution in [3.05, 3.63) is 0 Å². The van der Waals surface area contributed by atoms with Gasteiger partial charge in [0.15, 0.2) is 0 Å². The van der Waals surface area contributed by atoms with E-state index in [1.807, 2.05) is 0 Å². The molecule has 0 radical (unpaired) electrons. The van der Waals surface area contributed by atoms with Crippen molar-refractivity contribution in [3.63, 3.8) is 0 Å². The maximum Gasteiger partial charge on any atom is 0.308 e. The van der Waals surface area contributed by atoms with Crippen LogP contribution >= 0.6 is 0 Å². The normalized spacial score (nSPS) is 30.8. The Morgan fingerprint density at radius 1 is 1.27 bits per heavy atom. The van der Waals surface area contributed by atoms with Gasteiger partial charge in [0.05, 0.1) is 18.4 Å². The molecular weight excluding hydrogens is 198 g/mol. The van der Waals surface area contributed by atoms with Gasteiger partial charge in [0.1, 0.15) is 0 Å². The minimum Gasteiger partial charge on any atom is -0.481 e. The summed E-state index contributed by atoms with van der Waals surface area (Å²) >= 11 is 0. The monoisotopic (exact) mass is 213 g/mol. The zero-order valence-electron chi connectivity index (χ0n) is 8.52. The van der Waals surface area contributed by atoms with Gasteiger partial charge in [0.25, 0.3) is 0 Å². The highest BCUT2D eigenvalue weighted by atomic mass is 16.5. The summed E-state index contributed by atoms with van der Waals surface area (Å²) in [5.74, 6) is -1.15. The van der Waals surface area contributed by atoms with Gasteiger partial charge in [-0.2, -0.15) is 0 Å². The summed E-state index contributed by atoms with van der Waals surface area (Å²) in [6.07, 6.45) is 1.35. The highest BCUT2D eigenvalue weighted by Gasteiger charge is 2.35. The van der Waals surface area contributed by atoms with E-state index in [2.05, 4.69) is 0 Å². The third kappa shape index (κ3) is 2.12. The van der Waals surface area contributed by atoms with E-state index in [1.54, 1.807) is 4.90 Å². The molecular formula is C10H15NO4. The maximum atomic E-state index is 11.9. The van der Waals surface area contributed by atoms with Gasteiger partial charge in [-0.3, -0.25) is 9.59 Å². The van der Waals surface area contributed by atoms with Crippen LogP contribution in [0.4, 0.5) is 0 Å². The molecule has 0 bridgehead atoms. The van der Waals surface area contributed by atoms with Crippen molar-refractivity contribution in [2.45, 2.75) is 12.8 Å². The molecule has 0 unspecified atom stereocenters. The van der Waals surface area contributed by atoms with Gasteiger partial charge >= 0.3 is 5.97 Å². The summed E-state index contributed by atoms with van der Waals surface area (Å²) in [6, 6.07) is 0. The molecule has 0 spiro atoms. The molecule has 84 valence electrons. The molecule has 0 aromatic rings. The van der Waals surface area contributed by atoms with Crippen molar-refractivity contribution < 1.29 is 19.4 Å². The Morgan fingerprint density at radius 2 is 2.07 bits per heavy atom. The average molecular weight is 213 g/mol. The van der Waals surface area contributed by atoms with Crippen LogP contribution in [0.2, 0.25) is 0 Å². The number of ether oxygens (including phenoxy) is 1. The molecule has 1 N–H and O–H groups in total. The molecule has 2 rings (SSSR count). The van der Waals surface area contributed by atoms with Gasteiger partial charge in [-0.05, 0) is 12.8 Å². The minimum atomic E-state index is -0.798. The van der Waals surface area contributed by atoms with Gasteiger partial charge in [0, 0.05) is 19.7 Å². The molecule has 2 aliphatic heterocycles. The second kappa shape index (κ2) is 4.18. The van der Waals surface area contributed by atoms with Crippen LogP contribution in [0.3, 0.4) is 0 Å². The summed E-state index contributed by atoms with van der Waals surface area (Å²) < 4.78 is 5.15. The van der Waals surface area contributed by atoms with Gasteiger partial charge in [-0.15, -0.1) is 0 Å². The minimum absolute atomic E-state index is 0.0439. The fraction of sp³-hybridized carbons (Fsp3) is 0.800. The Morgan fingerprint density at radius 3 is 2.60 bits per heavy atom. The number of carbonyl (C=O) groups is 2. The third-order valence-electron chi connectivity index (χ3n) is 3.13. The van der Waals surface area contributed by atoms with Gasteiger partial charge in [0.2, 0.25) is 5.91 Å². The summed E-state index contributed by atoms with van der Waals surface area (Å²) in [4.78, 5) is 24.3. The van der Waals surface area contributed by atoms with Crippen LogP contribution in [0.1, 0.15) is 12.8 Å². The molecule has 5 heteroatoms. The number of rotatable bonds is 2. The lowest BCUT2D eigenvalue weighted by atomic mass is 10.1. The number of carboxylic acid groups (broad SMARTS) is 1. The lowest BCUT2D eigenvalue weighted by molar-refractivity contribution is -0.141. The molecule has 15 heavy (non-hydrogen) atoms. The van der Waals surface area contributed by atoms with Crippen LogP contribution in [0.15, 0.2) is 0 Å². The van der Waals surface area contributed by atoms with E-state index in [4.69, 9.17) is 9.84 Å². The van der Waals surface area contributed by atoms with E-state index in [9.17, 15) is 9.59 Å². The highest BCUT2D eigenvalue weighted by Crippen LogP contribution is 2.22. The van der Waals surface area contributed by atoms with E-state index in [-0.39, 0.29) is 17.7 Å². The topological polar surface area (TPSA) is 66.8 Å². The van der Waals surface area contributed by atoms with Crippen molar-refractivity contribution in [3.8, 4) is 0 Å². The molecule has 2 atom stereocenters. The number of carbonyl (C=O) groups excluding carboxylic acids is 1. The first-order valence-corrected chi connectivity index (χ1v) is 5.28. The van der Waals surface area contributed by atoms with E-state index in [0.29, 0.717) is 32.7 Å². The molecule has 2 saturated heterocycles. The molecule has 2 fully saturated rings. The molecule has 5 nitrogen and oxygen atoms in total. The standard InChI is InChI=1S/C10H15NO4/c12-9(8-2-4-15-6-8)11-3-1-7(5-11)10(13)14/h7-8H,1-6H2,(H,13,14)/t7-,8-/m1/s1. The smallest absolute Gasteiger partial charge is 0.308 e. The second-order valence-electron chi connectivity index (χ2n) is 4.17. The number of hydrogen-bond acceptors (Lipinski definition) is 3. The molecule has 2 heterocycles. The summed E-state index contributed by atoms with van der Waals surface area (Å²) in [7, 11) is 0. The lowest BCUT2D eigenvalue weighted by Gasteiger charge is -2.19. The zero-order valence-corrected chi connectivity index (χ0v) is 8.52. The number of carboxylic acids is 1. The lowest BCUT2D eigenvalue weighted by Crippen LogP contribution is -2.35. The largest absolute Gasteiger partial charge is 0.481 e. The Kier molecular flexibility index (Phi) is 2.90. The maximum absolute atomic E-state index is 11.9. The van der Waals surface area contributed by atoms with Crippen LogP contribution in [-0.4, -0.2) is 48.2 Å². The quantitative estimate of drug-likeness (QED) is 0.698. The van der Waals surface area contributed by atoms with E-state index in [1.165, 1.54) is 0 Å². The van der Waals surface area contributed by atoms with Gasteiger partial charge in [-0.1, -0.05) is 0 Å². The fourth-order valence-electron chi connectivity index (χ4n) is 2.15. The van der Waals surface area contributed by atoms with E-state index < -0.39 is 5.97 Å². The first-order chi connectivity index (χ1) is 7.18. The molecule has 1 amide bonds. The Balaban J connectivity index is 1.89. The van der Waals surface area contributed by atoms with Crippen molar-refractivity contribution in [1.29, 1.82) is 0 Å². The molecule has 0 saturated carbocycles. The number of hydrogen-bond donors (Lipinski definition) is 1. The number of aliphatic carboxylic acids is 1. The van der Waals surface area contributed by atoms with E-state index in [0.717, 1.165) is 6.42 Å². The SMILES string of the molecule is O=C(O)[C@@H]1CCN(C(=O)[C@@H]2CCOC2)C1. The predicted molar refractivity (Wildman–Crippen MR) is 51.2 cm³/mol. The van der Waals surface area contributed by atoms with E-state index >= 15 is 0 Å². The summed E-state index contributed by atoms with van der Waals surface area (Å²) in [6.45, 7) is 2.08. The van der Waals surface area contributed by atoms with Crippen LogP contribution in [0.5, 0.6) is 0 Å². The van der Waals surface area contributed by atoms with Crippen molar-refractivity contribution in [2.75, 3.05) is 26.3 Å². The Hall–Kier alpha value is -1.10. The molecule has 2 aliphatic rings. The number of amides is 1. The van der Waals surface area contributed by atoms with Gasteiger partial charge < -0.3 is 14.7 Å². The first-order valence-electron chi connectivity index (χ1n) is 5.28.